The second kappa shape index (κ2) is 49.4. The van der Waals surface area contributed by atoms with Crippen molar-refractivity contribution in [2.75, 3.05) is 119 Å². The summed E-state index contributed by atoms with van der Waals surface area (Å²) in [5, 5.41) is 28.4. The molecule has 0 unspecified atom stereocenters. The van der Waals surface area contributed by atoms with Crippen LogP contribution in [0.4, 0.5) is 0 Å². The molecule has 43 nitrogen and oxygen atoms in total. The molecule has 6 bridgehead atoms. The number of carbonyl (C=O) groups excluding carboxylic acids is 13. The molecule has 43 heteroatoms. The summed E-state index contributed by atoms with van der Waals surface area (Å²) < 4.78 is 87.7. The number of hydroxylamine groups is 3. The standard InChI is InChI=1S/C73H118N10O33/c1-44(84)80-58-61(108-47(4)87)64(111-50(7)90)71(38-102-67(58)114-71)41-105-77-29-18-26-74-53(93)23-32-99-35-70(83-56(96)21-16-14-12-10-11-13-15-17-22-57(97)98,36-100-33-24-54(94)75-27-19-30-78-106-42-72-39-103-68(115-72)59(81-45(2)85)62(109-48(5)88)65(72)112-51(8)91)37-101-34-25-55(95)76-28-20-31-79-107-43-73-40-104-69(116-73)60(82-46(3)86)63(110-49(6)89)66(73)113-52(9)92/h58-69,77-79H,10-43H2,1-9H3,(H,74,93)(H,75,94)(H,76,95)(H,80,84)(H,81,85)(H,82,86)(H,83,96)(H,97,98)/t58-,59-,60-,61-,62-,63-,64-,65-,66-,67-,68+,69+,71-,72-,73-/m1/s1. The van der Waals surface area contributed by atoms with Gasteiger partial charge < -0.3 is 113 Å². The van der Waals surface area contributed by atoms with Gasteiger partial charge in [0.05, 0.1) is 59.5 Å². The zero-order chi connectivity index (χ0) is 84.9. The van der Waals surface area contributed by atoms with Gasteiger partial charge in [-0.15, -0.1) is 0 Å². The largest absolute Gasteiger partial charge is 0.481 e. The molecule has 6 rings (SSSR count). The van der Waals surface area contributed by atoms with Gasteiger partial charge in [0, 0.05) is 134 Å². The Hall–Kier alpha value is -8.02. The number of amides is 7. The Morgan fingerprint density at radius 2 is 0.638 bits per heavy atom. The highest BCUT2D eigenvalue weighted by Gasteiger charge is 2.66. The highest BCUT2D eigenvalue weighted by molar-refractivity contribution is 5.79. The van der Waals surface area contributed by atoms with E-state index < -0.39 is 173 Å². The van der Waals surface area contributed by atoms with Gasteiger partial charge in [0.15, 0.2) is 72.3 Å². The zero-order valence-corrected chi connectivity index (χ0v) is 67.5. The van der Waals surface area contributed by atoms with E-state index in [0.717, 1.165) is 59.3 Å². The highest BCUT2D eigenvalue weighted by Crippen LogP contribution is 2.43. The van der Waals surface area contributed by atoms with Crippen molar-refractivity contribution in [1.29, 1.82) is 0 Å². The molecule has 6 saturated heterocycles. The minimum Gasteiger partial charge on any atom is -0.481 e. The van der Waals surface area contributed by atoms with E-state index in [-0.39, 0.29) is 157 Å². The van der Waals surface area contributed by atoms with Crippen LogP contribution in [0.1, 0.15) is 165 Å². The molecule has 0 saturated carbocycles. The predicted octanol–water partition coefficient (Wildman–Crippen LogP) is -2.39. The van der Waals surface area contributed by atoms with Gasteiger partial charge >= 0.3 is 41.8 Å². The second-order valence-electron chi connectivity index (χ2n) is 29.2. The third-order valence-electron chi connectivity index (χ3n) is 18.9. The average molecular weight is 1660 g/mol. The summed E-state index contributed by atoms with van der Waals surface area (Å²) >= 11 is 0. The molecule has 15 atom stereocenters. The molecule has 0 aliphatic carbocycles. The SMILES string of the molecule is CC(=O)N[C@H]1[C@@H]2OC[C@](CONCCCNC(=O)CCOCC(COCCC(=O)NCCCNOC[C@@]34CO[C@@H](O3)[C@H](NC(C)=O)[C@@H](OC(C)=O)[C@H]4OC(C)=O)(COCCC(=O)NCCCNOC[C@@]34CO[C@@H](O3)[C@H](NC(C)=O)[C@@H](OC(C)=O)[C@H]4OC(C)=O)NC(=O)CCCCCCCCCCC(=O)O)(O2)[C@H](OC(C)=O)[C@@H]1OC(C)=O. The van der Waals surface area contributed by atoms with Crippen LogP contribution in [0.25, 0.3) is 0 Å². The predicted molar refractivity (Wildman–Crippen MR) is 393 cm³/mol. The van der Waals surface area contributed by atoms with Gasteiger partial charge in [0.2, 0.25) is 41.4 Å². The molecule has 116 heavy (non-hydrogen) atoms. The van der Waals surface area contributed by atoms with Crippen molar-refractivity contribution in [2.45, 2.75) is 261 Å². The highest BCUT2D eigenvalue weighted by atomic mass is 16.8. The van der Waals surface area contributed by atoms with Crippen LogP contribution in [0.3, 0.4) is 0 Å². The second-order valence-corrected chi connectivity index (χ2v) is 29.2. The Labute approximate surface area is 671 Å². The van der Waals surface area contributed by atoms with E-state index in [1.54, 1.807) is 0 Å². The van der Waals surface area contributed by atoms with Crippen molar-refractivity contribution in [3.8, 4) is 0 Å². The van der Waals surface area contributed by atoms with E-state index >= 15 is 0 Å². The van der Waals surface area contributed by atoms with Crippen molar-refractivity contribution < 1.29 is 158 Å². The van der Waals surface area contributed by atoms with Gasteiger partial charge in [-0.2, -0.15) is 0 Å². The number of carbonyl (C=O) groups is 14. The lowest BCUT2D eigenvalue weighted by Crippen LogP contribution is -2.68. The normalized spacial score (nSPS) is 26.1. The van der Waals surface area contributed by atoms with Gasteiger partial charge in [-0.1, -0.05) is 38.5 Å². The molecular weight excluding hydrogens is 1540 g/mol. The molecular formula is C73H118N10O33. The van der Waals surface area contributed by atoms with Crippen molar-refractivity contribution in [3.63, 3.8) is 0 Å². The quantitative estimate of drug-likeness (QED) is 0.0131. The fourth-order valence-corrected chi connectivity index (χ4v) is 13.8. The molecule has 6 aliphatic heterocycles. The number of carboxylic acids is 1. The Morgan fingerprint density at radius 1 is 0.353 bits per heavy atom. The molecule has 6 heterocycles. The van der Waals surface area contributed by atoms with Crippen molar-refractivity contribution in [1.82, 2.24) is 53.7 Å². The molecule has 0 radical (unpaired) electrons. The number of carboxylic acid groups (broad SMARTS) is 1. The summed E-state index contributed by atoms with van der Waals surface area (Å²) in [6.45, 7) is 9.44. The number of esters is 6. The van der Waals surface area contributed by atoms with E-state index in [1.807, 2.05) is 0 Å². The minimum absolute atomic E-state index is 0.0902. The number of aliphatic carboxylic acids is 1. The summed E-state index contributed by atoms with van der Waals surface area (Å²) in [5.74, 6) is -8.08. The fourth-order valence-electron chi connectivity index (χ4n) is 13.8. The van der Waals surface area contributed by atoms with Crippen molar-refractivity contribution in [2.24, 2.45) is 0 Å². The first-order valence-corrected chi connectivity index (χ1v) is 39.1. The molecule has 0 aromatic carbocycles. The lowest BCUT2D eigenvalue weighted by Gasteiger charge is -2.45. The Kier molecular flexibility index (Phi) is 41.2. The van der Waals surface area contributed by atoms with Crippen molar-refractivity contribution in [3.05, 3.63) is 0 Å². The molecule has 0 spiro atoms. The maximum absolute atomic E-state index is 14.0. The number of rotatable bonds is 57. The third kappa shape index (κ3) is 32.4. The molecule has 11 N–H and O–H groups in total. The molecule has 6 fully saturated rings. The summed E-state index contributed by atoms with van der Waals surface area (Å²) in [4.78, 5) is 192. The van der Waals surface area contributed by atoms with Gasteiger partial charge in [0.25, 0.3) is 0 Å². The molecule has 6 aliphatic rings. The van der Waals surface area contributed by atoms with Crippen molar-refractivity contribution >= 4 is 83.1 Å². The lowest BCUT2D eigenvalue weighted by atomic mass is 9.87. The minimum atomic E-state index is -1.46. The van der Waals surface area contributed by atoms with Crippen LogP contribution in [-0.2, 0) is 153 Å². The van der Waals surface area contributed by atoms with Crippen LogP contribution in [-0.4, -0.2) is 303 Å². The van der Waals surface area contributed by atoms with E-state index in [2.05, 4.69) is 53.7 Å². The fraction of sp³-hybridized carbons (Fsp3) is 0.808. The maximum atomic E-state index is 14.0. The van der Waals surface area contributed by atoms with Crippen LogP contribution in [0.15, 0.2) is 0 Å². The summed E-state index contributed by atoms with van der Waals surface area (Å²) in [5.41, 5.74) is 2.58. The average Bonchev–Trinajstić information content (AvgIpc) is 1.57. The first kappa shape index (κ1) is 96.8. The molecule has 0 aromatic heterocycles. The Bertz CT molecular complexity index is 2960. The van der Waals surface area contributed by atoms with E-state index in [0.29, 0.717) is 32.1 Å². The first-order valence-electron chi connectivity index (χ1n) is 39.1. The summed E-state index contributed by atoms with van der Waals surface area (Å²) in [6.07, 6.45) is -3.50. The van der Waals surface area contributed by atoms with Crippen LogP contribution in [0.2, 0.25) is 0 Å². The maximum Gasteiger partial charge on any atom is 0.303 e. The first-order chi connectivity index (χ1) is 55.3. The van der Waals surface area contributed by atoms with Crippen LogP contribution < -0.4 is 53.7 Å². The van der Waals surface area contributed by atoms with E-state index in [9.17, 15) is 67.1 Å². The Morgan fingerprint density at radius 3 is 0.914 bits per heavy atom. The number of fused-ring (bicyclic) bond motifs is 6. The summed E-state index contributed by atoms with van der Waals surface area (Å²) in [6, 6.07) is -3.03. The van der Waals surface area contributed by atoms with Crippen LogP contribution >= 0.6 is 0 Å². The van der Waals surface area contributed by atoms with Crippen LogP contribution in [0, 0.1) is 0 Å². The number of hydrogen-bond donors (Lipinski definition) is 11. The summed E-state index contributed by atoms with van der Waals surface area (Å²) in [7, 11) is 0. The monoisotopic (exact) mass is 1660 g/mol. The number of hydrogen-bond acceptors (Lipinski definition) is 35. The number of nitrogens with one attached hydrogen (secondary N) is 10. The molecule has 658 valence electrons. The molecule has 7 amide bonds. The van der Waals surface area contributed by atoms with Gasteiger partial charge in [-0.05, 0) is 32.1 Å². The van der Waals surface area contributed by atoms with Gasteiger partial charge in [0.1, 0.15) is 43.5 Å². The van der Waals surface area contributed by atoms with E-state index in [1.165, 1.54) is 41.5 Å². The smallest absolute Gasteiger partial charge is 0.303 e. The van der Waals surface area contributed by atoms with Crippen LogP contribution in [0.5, 0.6) is 0 Å². The van der Waals surface area contributed by atoms with Gasteiger partial charge in [-0.3, -0.25) is 81.6 Å². The number of unbranched alkanes of at least 4 members (excludes halogenated alkanes) is 7. The topological polar surface area (TPSA) is 546 Å². The van der Waals surface area contributed by atoms with E-state index in [4.69, 9.17) is 90.7 Å². The number of ether oxygens (including phenoxy) is 15. The lowest BCUT2D eigenvalue weighted by molar-refractivity contribution is -0.254. The van der Waals surface area contributed by atoms with Gasteiger partial charge in [-0.25, -0.2) is 16.4 Å². The zero-order valence-electron chi connectivity index (χ0n) is 67.5. The molecule has 0 aromatic rings. The third-order valence-corrected chi connectivity index (χ3v) is 18.9. The Balaban J connectivity index is 1.03.